The SMILES string of the molecule is CCn1cc(C(=O)NCCCCCC(=O)NCCCO)c(=O)c2cc3c(cc21)OCO3. The van der Waals surface area contributed by atoms with Crippen molar-refractivity contribution >= 4 is 22.7 Å². The number of amides is 2. The molecule has 0 atom stereocenters. The fraction of sp³-hybridized carbons (Fsp3) is 0.500. The number of benzene rings is 1. The minimum absolute atomic E-state index is 0.0327. The molecule has 3 N–H and O–H groups in total. The van der Waals surface area contributed by atoms with Crippen molar-refractivity contribution in [3.8, 4) is 11.5 Å². The summed E-state index contributed by atoms with van der Waals surface area (Å²) in [6.07, 6.45) is 4.76. The normalized spacial score (nSPS) is 12.2. The minimum atomic E-state index is -0.409. The van der Waals surface area contributed by atoms with Gasteiger partial charge in [0.25, 0.3) is 5.91 Å². The molecule has 1 aliphatic heterocycles. The van der Waals surface area contributed by atoms with Crippen LogP contribution in [0.3, 0.4) is 0 Å². The van der Waals surface area contributed by atoms with Gasteiger partial charge in [0.15, 0.2) is 11.5 Å². The van der Waals surface area contributed by atoms with Gasteiger partial charge in [0.2, 0.25) is 18.1 Å². The number of ether oxygens (including phenoxy) is 2. The topological polar surface area (TPSA) is 119 Å². The Hall–Kier alpha value is -3.07. The van der Waals surface area contributed by atoms with Crippen molar-refractivity contribution in [3.63, 3.8) is 0 Å². The lowest BCUT2D eigenvalue weighted by Crippen LogP contribution is -2.30. The van der Waals surface area contributed by atoms with E-state index in [1.807, 2.05) is 11.5 Å². The van der Waals surface area contributed by atoms with E-state index in [4.69, 9.17) is 14.6 Å². The van der Waals surface area contributed by atoms with Crippen LogP contribution in [0, 0.1) is 0 Å². The van der Waals surface area contributed by atoms with Crippen molar-refractivity contribution < 1.29 is 24.2 Å². The first-order valence-corrected chi connectivity index (χ1v) is 10.7. The second-order valence-corrected chi connectivity index (χ2v) is 7.37. The van der Waals surface area contributed by atoms with E-state index >= 15 is 0 Å². The third-order valence-electron chi connectivity index (χ3n) is 5.18. The van der Waals surface area contributed by atoms with Crippen LogP contribution in [0.25, 0.3) is 10.9 Å². The molecule has 0 aliphatic carbocycles. The highest BCUT2D eigenvalue weighted by Gasteiger charge is 2.20. The molecule has 1 aliphatic rings. The molecular formula is C22H29N3O6. The molecular weight excluding hydrogens is 402 g/mol. The van der Waals surface area contributed by atoms with E-state index in [0.717, 1.165) is 6.42 Å². The van der Waals surface area contributed by atoms with E-state index in [1.165, 1.54) is 0 Å². The standard InChI is InChI=1S/C22H29N3O6/c1-2-25-13-16(21(28)15-11-18-19(12-17(15)25)31-14-30-18)22(29)24-8-5-3-4-7-20(27)23-9-6-10-26/h11-13,26H,2-10,14H2,1H3,(H,23,27)(H,24,29). The van der Waals surface area contributed by atoms with Gasteiger partial charge in [-0.2, -0.15) is 0 Å². The molecule has 0 saturated carbocycles. The van der Waals surface area contributed by atoms with Crippen molar-refractivity contribution in [2.75, 3.05) is 26.5 Å². The number of nitrogens with one attached hydrogen (secondary N) is 2. The molecule has 0 fully saturated rings. The summed E-state index contributed by atoms with van der Waals surface area (Å²) in [5.41, 5.74) is 0.456. The lowest BCUT2D eigenvalue weighted by molar-refractivity contribution is -0.121. The summed E-state index contributed by atoms with van der Waals surface area (Å²) in [5, 5.41) is 14.7. The van der Waals surface area contributed by atoms with Crippen LogP contribution < -0.4 is 25.5 Å². The maximum atomic E-state index is 12.9. The Labute approximate surface area is 180 Å². The number of aliphatic hydroxyl groups excluding tert-OH is 1. The van der Waals surface area contributed by atoms with Gasteiger partial charge in [0.1, 0.15) is 5.56 Å². The fourth-order valence-electron chi connectivity index (χ4n) is 3.48. The number of fused-ring (bicyclic) bond motifs is 2. The van der Waals surface area contributed by atoms with Crippen LogP contribution in [-0.4, -0.2) is 48.0 Å². The van der Waals surface area contributed by atoms with Crippen LogP contribution in [0.4, 0.5) is 0 Å². The number of hydrogen-bond acceptors (Lipinski definition) is 6. The van der Waals surface area contributed by atoms with Gasteiger partial charge in [-0.05, 0) is 32.3 Å². The summed E-state index contributed by atoms with van der Waals surface area (Å²) in [4.78, 5) is 37.2. The highest BCUT2D eigenvalue weighted by Crippen LogP contribution is 2.35. The average molecular weight is 431 g/mol. The molecule has 9 nitrogen and oxygen atoms in total. The fourth-order valence-corrected chi connectivity index (χ4v) is 3.48. The predicted molar refractivity (Wildman–Crippen MR) is 116 cm³/mol. The number of nitrogens with zero attached hydrogens (tertiary/aromatic N) is 1. The van der Waals surface area contributed by atoms with Crippen molar-refractivity contribution in [3.05, 3.63) is 34.1 Å². The summed E-state index contributed by atoms with van der Waals surface area (Å²) in [6, 6.07) is 3.40. The first-order chi connectivity index (χ1) is 15.0. The van der Waals surface area contributed by atoms with Crippen LogP contribution in [0.2, 0.25) is 0 Å². The summed E-state index contributed by atoms with van der Waals surface area (Å²) in [7, 11) is 0. The van der Waals surface area contributed by atoms with Gasteiger partial charge < -0.3 is 29.8 Å². The zero-order valence-corrected chi connectivity index (χ0v) is 17.7. The number of pyridine rings is 1. The van der Waals surface area contributed by atoms with Gasteiger partial charge in [0.05, 0.1) is 10.9 Å². The molecule has 0 radical (unpaired) electrons. The second kappa shape index (κ2) is 10.8. The first-order valence-electron chi connectivity index (χ1n) is 10.7. The predicted octanol–water partition coefficient (Wildman–Crippen LogP) is 1.54. The quantitative estimate of drug-likeness (QED) is 0.465. The molecule has 0 bridgehead atoms. The van der Waals surface area contributed by atoms with Gasteiger partial charge in [-0.25, -0.2) is 0 Å². The Kier molecular flexibility index (Phi) is 7.88. The molecule has 2 heterocycles. The van der Waals surface area contributed by atoms with E-state index in [1.54, 1.807) is 18.3 Å². The van der Waals surface area contributed by atoms with Crippen LogP contribution in [0.15, 0.2) is 23.1 Å². The molecule has 0 unspecified atom stereocenters. The molecule has 9 heteroatoms. The molecule has 1 aromatic heterocycles. The summed E-state index contributed by atoms with van der Waals surface area (Å²) >= 11 is 0. The Balaban J connectivity index is 1.55. The number of unbranched alkanes of at least 4 members (excludes halogenated alkanes) is 2. The third-order valence-corrected chi connectivity index (χ3v) is 5.18. The van der Waals surface area contributed by atoms with E-state index in [-0.39, 0.29) is 30.3 Å². The van der Waals surface area contributed by atoms with Gasteiger partial charge in [-0.15, -0.1) is 0 Å². The number of carbonyl (C=O) groups is 2. The van der Waals surface area contributed by atoms with Crippen molar-refractivity contribution in [1.29, 1.82) is 0 Å². The van der Waals surface area contributed by atoms with Crippen molar-refractivity contribution in [2.24, 2.45) is 0 Å². The number of aromatic nitrogens is 1. The Morgan fingerprint density at radius 2 is 1.81 bits per heavy atom. The molecule has 0 spiro atoms. The van der Waals surface area contributed by atoms with E-state index in [2.05, 4.69) is 10.6 Å². The minimum Gasteiger partial charge on any atom is -0.454 e. The molecule has 1 aromatic carbocycles. The van der Waals surface area contributed by atoms with Gasteiger partial charge >= 0.3 is 0 Å². The molecule has 0 saturated heterocycles. The van der Waals surface area contributed by atoms with Gasteiger partial charge in [-0.3, -0.25) is 14.4 Å². The molecule has 2 amide bonds. The zero-order chi connectivity index (χ0) is 22.2. The third kappa shape index (κ3) is 5.55. The van der Waals surface area contributed by atoms with Crippen LogP contribution in [-0.2, 0) is 11.3 Å². The second-order valence-electron chi connectivity index (χ2n) is 7.37. The number of carbonyl (C=O) groups excluding carboxylic acids is 2. The highest BCUT2D eigenvalue weighted by molar-refractivity contribution is 5.97. The average Bonchev–Trinajstić information content (AvgIpc) is 3.23. The van der Waals surface area contributed by atoms with Crippen LogP contribution in [0.5, 0.6) is 11.5 Å². The van der Waals surface area contributed by atoms with Crippen molar-refractivity contribution in [2.45, 2.75) is 45.6 Å². The van der Waals surface area contributed by atoms with Crippen molar-refractivity contribution in [1.82, 2.24) is 15.2 Å². The first kappa shape index (κ1) is 22.6. The largest absolute Gasteiger partial charge is 0.454 e. The lowest BCUT2D eigenvalue weighted by atomic mass is 10.1. The number of aryl methyl sites for hydroxylation is 1. The van der Waals surface area contributed by atoms with Crippen LogP contribution >= 0.6 is 0 Å². The monoisotopic (exact) mass is 431 g/mol. The van der Waals surface area contributed by atoms with E-state index < -0.39 is 5.91 Å². The maximum absolute atomic E-state index is 12.9. The van der Waals surface area contributed by atoms with E-state index in [9.17, 15) is 14.4 Å². The lowest BCUT2D eigenvalue weighted by Gasteiger charge is -2.12. The summed E-state index contributed by atoms with van der Waals surface area (Å²) in [6.45, 7) is 3.62. The molecule has 3 rings (SSSR count). The number of rotatable bonds is 11. The van der Waals surface area contributed by atoms with Gasteiger partial charge in [0, 0.05) is 44.9 Å². The molecule has 168 valence electrons. The summed E-state index contributed by atoms with van der Waals surface area (Å²) in [5.74, 6) is 0.654. The maximum Gasteiger partial charge on any atom is 0.256 e. The number of aliphatic hydroxyl groups is 1. The smallest absolute Gasteiger partial charge is 0.256 e. The number of hydrogen-bond donors (Lipinski definition) is 3. The molecule has 2 aromatic rings. The van der Waals surface area contributed by atoms with E-state index in [0.29, 0.717) is 67.7 Å². The Bertz CT molecular complexity index is 1000. The van der Waals surface area contributed by atoms with Crippen LogP contribution in [0.1, 0.15) is 49.4 Å². The Morgan fingerprint density at radius 1 is 1.06 bits per heavy atom. The molecule has 31 heavy (non-hydrogen) atoms. The Morgan fingerprint density at radius 3 is 2.55 bits per heavy atom. The summed E-state index contributed by atoms with van der Waals surface area (Å²) < 4.78 is 12.6. The zero-order valence-electron chi connectivity index (χ0n) is 17.7. The highest BCUT2D eigenvalue weighted by atomic mass is 16.7. The van der Waals surface area contributed by atoms with Gasteiger partial charge in [-0.1, -0.05) is 6.42 Å².